The molecule has 1 fully saturated rings. The highest BCUT2D eigenvalue weighted by atomic mass is 35.5. The van der Waals surface area contributed by atoms with Crippen molar-refractivity contribution in [2.24, 2.45) is 5.73 Å². The highest BCUT2D eigenvalue weighted by Crippen LogP contribution is 2.51. The summed E-state index contributed by atoms with van der Waals surface area (Å²) in [5.74, 6) is 1.99. The Bertz CT molecular complexity index is 527. The van der Waals surface area contributed by atoms with E-state index in [9.17, 15) is 0 Å². The summed E-state index contributed by atoms with van der Waals surface area (Å²) in [4.78, 5) is 0. The summed E-state index contributed by atoms with van der Waals surface area (Å²) >= 11 is 6.50. The molecule has 21 heavy (non-hydrogen) atoms. The number of benzene rings is 1. The maximum Gasteiger partial charge on any atom is 0.183 e. The Morgan fingerprint density at radius 1 is 1.24 bits per heavy atom. The van der Waals surface area contributed by atoms with Crippen LogP contribution in [-0.4, -0.2) is 26.9 Å². The van der Waals surface area contributed by atoms with E-state index in [4.69, 9.17) is 31.5 Å². The SMILES string of the molecule is COc1c(C2(CN)CCCCC2)cc2c(c1Cl)OCCO2. The molecule has 1 heterocycles. The van der Waals surface area contributed by atoms with E-state index < -0.39 is 0 Å². The lowest BCUT2D eigenvalue weighted by Gasteiger charge is -2.38. The van der Waals surface area contributed by atoms with E-state index >= 15 is 0 Å². The number of rotatable bonds is 3. The molecule has 5 heteroatoms. The van der Waals surface area contributed by atoms with Crippen molar-refractivity contribution < 1.29 is 14.2 Å². The molecule has 1 aromatic rings. The number of fused-ring (bicyclic) bond motifs is 1. The number of methoxy groups -OCH3 is 1. The average Bonchev–Trinajstić information content (AvgIpc) is 2.55. The largest absolute Gasteiger partial charge is 0.495 e. The molecular formula is C16H22ClNO3. The lowest BCUT2D eigenvalue weighted by molar-refractivity contribution is 0.169. The average molecular weight is 312 g/mol. The molecule has 2 aliphatic rings. The van der Waals surface area contributed by atoms with Crippen molar-refractivity contribution in [1.82, 2.24) is 0 Å². The molecule has 1 aliphatic carbocycles. The monoisotopic (exact) mass is 311 g/mol. The molecule has 0 amide bonds. The third-order valence-electron chi connectivity index (χ3n) is 4.71. The van der Waals surface area contributed by atoms with Gasteiger partial charge in [0, 0.05) is 17.5 Å². The second kappa shape index (κ2) is 5.93. The topological polar surface area (TPSA) is 53.7 Å². The Labute approximate surface area is 130 Å². The fraction of sp³-hybridized carbons (Fsp3) is 0.625. The van der Waals surface area contributed by atoms with Crippen LogP contribution in [0.15, 0.2) is 6.07 Å². The van der Waals surface area contributed by atoms with Crippen LogP contribution in [0.1, 0.15) is 37.7 Å². The summed E-state index contributed by atoms with van der Waals surface area (Å²) in [5.41, 5.74) is 7.15. The number of nitrogens with two attached hydrogens (primary N) is 1. The summed E-state index contributed by atoms with van der Waals surface area (Å²) in [6.45, 7) is 1.65. The summed E-state index contributed by atoms with van der Waals surface area (Å²) < 4.78 is 17.0. The zero-order valence-electron chi connectivity index (χ0n) is 12.4. The van der Waals surface area contributed by atoms with Crippen LogP contribution in [0.5, 0.6) is 17.2 Å². The molecule has 0 aromatic heterocycles. The maximum absolute atomic E-state index is 6.50. The van der Waals surface area contributed by atoms with E-state index in [1.54, 1.807) is 7.11 Å². The van der Waals surface area contributed by atoms with Gasteiger partial charge in [-0.1, -0.05) is 30.9 Å². The van der Waals surface area contributed by atoms with Crippen LogP contribution in [0.4, 0.5) is 0 Å². The van der Waals surface area contributed by atoms with Gasteiger partial charge in [-0.2, -0.15) is 0 Å². The second-order valence-electron chi connectivity index (χ2n) is 5.84. The number of ether oxygens (including phenoxy) is 3. The third-order valence-corrected chi connectivity index (χ3v) is 5.05. The number of hydrogen-bond acceptors (Lipinski definition) is 4. The molecule has 1 aliphatic heterocycles. The molecule has 1 saturated carbocycles. The molecule has 116 valence electrons. The van der Waals surface area contributed by atoms with Crippen LogP contribution >= 0.6 is 11.6 Å². The van der Waals surface area contributed by atoms with Crippen molar-refractivity contribution in [3.05, 3.63) is 16.7 Å². The minimum absolute atomic E-state index is 0.0664. The zero-order chi connectivity index (χ0) is 14.9. The van der Waals surface area contributed by atoms with Crippen molar-refractivity contribution in [3.63, 3.8) is 0 Å². The Kier molecular flexibility index (Phi) is 4.18. The molecule has 0 spiro atoms. The highest BCUT2D eigenvalue weighted by molar-refractivity contribution is 6.34. The van der Waals surface area contributed by atoms with Crippen molar-refractivity contribution in [1.29, 1.82) is 0 Å². The molecular weight excluding hydrogens is 290 g/mol. The van der Waals surface area contributed by atoms with Gasteiger partial charge < -0.3 is 19.9 Å². The van der Waals surface area contributed by atoms with Gasteiger partial charge in [0.15, 0.2) is 11.5 Å². The Morgan fingerprint density at radius 3 is 2.62 bits per heavy atom. The van der Waals surface area contributed by atoms with Gasteiger partial charge in [0.2, 0.25) is 0 Å². The Hall–Kier alpha value is -1.13. The van der Waals surface area contributed by atoms with Gasteiger partial charge in [-0.15, -0.1) is 0 Å². The predicted molar refractivity (Wildman–Crippen MR) is 82.8 cm³/mol. The fourth-order valence-corrected chi connectivity index (χ4v) is 3.86. The number of hydrogen-bond donors (Lipinski definition) is 1. The summed E-state index contributed by atoms with van der Waals surface area (Å²) in [7, 11) is 1.65. The molecule has 0 saturated heterocycles. The highest BCUT2D eigenvalue weighted by Gasteiger charge is 2.38. The van der Waals surface area contributed by atoms with E-state index in [2.05, 4.69) is 0 Å². The lowest BCUT2D eigenvalue weighted by Crippen LogP contribution is -2.37. The van der Waals surface area contributed by atoms with Crippen LogP contribution < -0.4 is 19.9 Å². The predicted octanol–water partition coefficient (Wildman–Crippen LogP) is 3.28. The molecule has 3 rings (SSSR count). The van der Waals surface area contributed by atoms with Crippen LogP contribution in [0.2, 0.25) is 5.02 Å². The van der Waals surface area contributed by atoms with Crippen LogP contribution in [0.25, 0.3) is 0 Å². The van der Waals surface area contributed by atoms with Gasteiger partial charge >= 0.3 is 0 Å². The summed E-state index contributed by atoms with van der Waals surface area (Å²) in [5, 5.41) is 0.503. The van der Waals surface area contributed by atoms with Gasteiger partial charge in [-0.05, 0) is 18.9 Å². The molecule has 0 bridgehead atoms. The normalized spacial score (nSPS) is 20.1. The van der Waals surface area contributed by atoms with Gasteiger partial charge in [0.25, 0.3) is 0 Å². The van der Waals surface area contributed by atoms with Crippen molar-refractivity contribution >= 4 is 11.6 Å². The summed E-state index contributed by atoms with van der Waals surface area (Å²) in [6.07, 6.45) is 5.77. The first kappa shape index (κ1) is 14.8. The Morgan fingerprint density at radius 2 is 1.95 bits per heavy atom. The quantitative estimate of drug-likeness (QED) is 0.930. The minimum atomic E-state index is -0.0664. The Balaban J connectivity index is 2.14. The standard InChI is InChI=1S/C16H22ClNO3/c1-19-14-11(16(10-18)5-3-2-4-6-16)9-12-15(13(14)17)21-8-7-20-12/h9H,2-8,10,18H2,1H3. The van der Waals surface area contributed by atoms with Crippen molar-refractivity contribution in [2.45, 2.75) is 37.5 Å². The third kappa shape index (κ3) is 2.44. The molecule has 0 unspecified atom stereocenters. The lowest BCUT2D eigenvalue weighted by atomic mass is 9.69. The first-order chi connectivity index (χ1) is 10.2. The van der Waals surface area contributed by atoms with Crippen molar-refractivity contribution in [3.8, 4) is 17.2 Å². The van der Waals surface area contributed by atoms with Crippen LogP contribution in [0, 0.1) is 0 Å². The zero-order valence-corrected chi connectivity index (χ0v) is 13.2. The van der Waals surface area contributed by atoms with E-state index in [-0.39, 0.29) is 5.41 Å². The van der Waals surface area contributed by atoms with Gasteiger partial charge in [0.1, 0.15) is 24.0 Å². The first-order valence-corrected chi connectivity index (χ1v) is 7.96. The van der Waals surface area contributed by atoms with E-state index in [1.165, 1.54) is 19.3 Å². The van der Waals surface area contributed by atoms with Gasteiger partial charge in [-0.3, -0.25) is 0 Å². The fourth-order valence-electron chi connectivity index (χ4n) is 3.53. The first-order valence-electron chi connectivity index (χ1n) is 7.58. The maximum atomic E-state index is 6.50. The molecule has 2 N–H and O–H groups in total. The van der Waals surface area contributed by atoms with Crippen LogP contribution in [-0.2, 0) is 5.41 Å². The van der Waals surface area contributed by atoms with Crippen molar-refractivity contribution in [2.75, 3.05) is 26.9 Å². The summed E-state index contributed by atoms with van der Waals surface area (Å²) in [6, 6.07) is 2.03. The van der Waals surface area contributed by atoms with Gasteiger partial charge in [0.05, 0.1) is 7.11 Å². The molecule has 0 atom stereocenters. The second-order valence-corrected chi connectivity index (χ2v) is 6.22. The number of halogens is 1. The smallest absolute Gasteiger partial charge is 0.183 e. The van der Waals surface area contributed by atoms with E-state index in [1.807, 2.05) is 6.07 Å². The van der Waals surface area contributed by atoms with E-state index in [0.717, 1.165) is 18.4 Å². The van der Waals surface area contributed by atoms with E-state index in [0.29, 0.717) is 42.0 Å². The van der Waals surface area contributed by atoms with Gasteiger partial charge in [-0.25, -0.2) is 0 Å². The van der Waals surface area contributed by atoms with Crippen LogP contribution in [0.3, 0.4) is 0 Å². The molecule has 0 radical (unpaired) electrons. The molecule has 4 nitrogen and oxygen atoms in total. The molecule has 1 aromatic carbocycles. The minimum Gasteiger partial charge on any atom is -0.495 e.